The van der Waals surface area contributed by atoms with Gasteiger partial charge in [-0.1, -0.05) is 70.7 Å². The molecule has 7 heteroatoms. The molecule has 0 fully saturated rings. The van der Waals surface area contributed by atoms with Gasteiger partial charge in [-0.3, -0.25) is 9.59 Å². The number of unbranched alkanes of at least 4 members (excludes halogenated alkanes) is 2. The molecule has 0 spiro atoms. The monoisotopic (exact) mass is 517 g/mol. The maximum Gasteiger partial charge on any atom is 0.408 e. The van der Waals surface area contributed by atoms with Crippen molar-refractivity contribution in [3.8, 4) is 0 Å². The number of carbonyl (C=O) groups is 3. The average molecular weight is 518 g/mol. The van der Waals surface area contributed by atoms with Gasteiger partial charge in [0, 0.05) is 12.6 Å². The molecule has 2 N–H and O–H groups in total. The Labute approximate surface area is 225 Å². The zero-order valence-electron chi connectivity index (χ0n) is 24.9. The summed E-state index contributed by atoms with van der Waals surface area (Å²) in [6.45, 7) is 19.7. The molecule has 0 aliphatic carbocycles. The first-order valence-corrected chi connectivity index (χ1v) is 13.9. The van der Waals surface area contributed by atoms with Crippen LogP contribution in [0, 0.1) is 19.8 Å². The van der Waals surface area contributed by atoms with Crippen LogP contribution >= 0.6 is 0 Å². The summed E-state index contributed by atoms with van der Waals surface area (Å²) in [5.74, 6) is -0.673. The Hall–Kier alpha value is -2.57. The molecular formula is C30H51N3O4. The van der Waals surface area contributed by atoms with Crippen LogP contribution in [0.2, 0.25) is 0 Å². The van der Waals surface area contributed by atoms with Crippen molar-refractivity contribution in [2.75, 3.05) is 6.54 Å². The third kappa shape index (κ3) is 10.7. The van der Waals surface area contributed by atoms with E-state index in [1.54, 1.807) is 25.7 Å². The lowest BCUT2D eigenvalue weighted by molar-refractivity contribution is -0.143. The van der Waals surface area contributed by atoms with E-state index in [1.165, 1.54) is 0 Å². The van der Waals surface area contributed by atoms with Crippen molar-refractivity contribution >= 4 is 17.9 Å². The Kier molecular flexibility index (Phi) is 13.2. The van der Waals surface area contributed by atoms with Crippen molar-refractivity contribution in [2.24, 2.45) is 5.92 Å². The van der Waals surface area contributed by atoms with Crippen LogP contribution in [-0.2, 0) is 14.3 Å². The largest absolute Gasteiger partial charge is 0.444 e. The molecule has 3 unspecified atom stereocenters. The molecule has 37 heavy (non-hydrogen) atoms. The predicted molar refractivity (Wildman–Crippen MR) is 150 cm³/mol. The number of hydrogen-bond acceptors (Lipinski definition) is 4. The van der Waals surface area contributed by atoms with E-state index < -0.39 is 23.8 Å². The smallest absolute Gasteiger partial charge is 0.408 e. The number of hydrogen-bond donors (Lipinski definition) is 2. The molecule has 0 heterocycles. The second-order valence-corrected chi connectivity index (χ2v) is 11.6. The minimum absolute atomic E-state index is 0.0147. The Bertz CT molecular complexity index is 891. The summed E-state index contributed by atoms with van der Waals surface area (Å²) in [5, 5.41) is 5.93. The molecule has 1 aromatic rings. The fraction of sp³-hybridized carbons (Fsp3) is 0.700. The van der Waals surface area contributed by atoms with Crippen molar-refractivity contribution in [2.45, 2.75) is 125 Å². The van der Waals surface area contributed by atoms with E-state index in [-0.39, 0.29) is 23.8 Å². The standard InChI is InChI=1S/C30H51N3O4/c1-11-13-14-18-33(28(35)25(20(3)4)32-29(36)37-30(8,9)10)26(27(34)31-23(7)15-12-2)24-17-16-21(5)19-22(24)6/h16-17,19-20,23,25-26H,11-15,18H2,1-10H3,(H,31,34)(H,32,36). The number of ether oxygens (including phenoxy) is 1. The maximum atomic E-state index is 14.2. The Morgan fingerprint density at radius 2 is 1.62 bits per heavy atom. The first kappa shape index (κ1) is 32.5. The van der Waals surface area contributed by atoms with Gasteiger partial charge in [0.05, 0.1) is 0 Å². The zero-order valence-corrected chi connectivity index (χ0v) is 24.9. The molecule has 0 aromatic heterocycles. The molecule has 7 nitrogen and oxygen atoms in total. The van der Waals surface area contributed by atoms with Gasteiger partial charge in [0.15, 0.2) is 0 Å². The van der Waals surface area contributed by atoms with Gasteiger partial charge in [-0.25, -0.2) is 4.79 Å². The fourth-order valence-electron chi connectivity index (χ4n) is 4.44. The van der Waals surface area contributed by atoms with Gasteiger partial charge in [-0.05, 0) is 71.4 Å². The van der Waals surface area contributed by atoms with Crippen molar-refractivity contribution < 1.29 is 19.1 Å². The summed E-state index contributed by atoms with van der Waals surface area (Å²) in [4.78, 5) is 42.3. The highest BCUT2D eigenvalue weighted by molar-refractivity contribution is 5.92. The summed E-state index contributed by atoms with van der Waals surface area (Å²) in [6, 6.07) is 4.32. The quantitative estimate of drug-likeness (QED) is 0.304. The highest BCUT2D eigenvalue weighted by Gasteiger charge is 2.38. The Balaban J connectivity index is 3.54. The number of nitrogens with one attached hydrogen (secondary N) is 2. The number of nitrogens with zero attached hydrogens (tertiary/aromatic N) is 1. The lowest BCUT2D eigenvalue weighted by atomic mass is 9.94. The normalized spacial score (nSPS) is 14.0. The van der Waals surface area contributed by atoms with E-state index in [2.05, 4.69) is 24.5 Å². The van der Waals surface area contributed by atoms with Crippen LogP contribution in [0.1, 0.15) is 110 Å². The number of rotatable bonds is 13. The van der Waals surface area contributed by atoms with E-state index in [0.29, 0.717) is 6.54 Å². The van der Waals surface area contributed by atoms with E-state index in [0.717, 1.165) is 48.8 Å². The molecule has 1 aromatic carbocycles. The average Bonchev–Trinajstić information content (AvgIpc) is 2.76. The molecular weight excluding hydrogens is 466 g/mol. The van der Waals surface area contributed by atoms with Crippen LogP contribution in [0.5, 0.6) is 0 Å². The lowest BCUT2D eigenvalue weighted by Gasteiger charge is -2.36. The van der Waals surface area contributed by atoms with Crippen LogP contribution in [0.25, 0.3) is 0 Å². The van der Waals surface area contributed by atoms with Gasteiger partial charge in [-0.2, -0.15) is 0 Å². The predicted octanol–water partition coefficient (Wildman–Crippen LogP) is 6.22. The van der Waals surface area contributed by atoms with Crippen molar-refractivity contribution in [3.63, 3.8) is 0 Å². The van der Waals surface area contributed by atoms with E-state index >= 15 is 0 Å². The third-order valence-electron chi connectivity index (χ3n) is 6.28. The number of amides is 3. The van der Waals surface area contributed by atoms with Crippen LogP contribution in [-0.4, -0.2) is 47.0 Å². The number of alkyl carbamates (subject to hydrolysis) is 1. The fourth-order valence-corrected chi connectivity index (χ4v) is 4.44. The minimum atomic E-state index is -0.828. The summed E-state index contributed by atoms with van der Waals surface area (Å²) in [7, 11) is 0. The maximum absolute atomic E-state index is 14.2. The third-order valence-corrected chi connectivity index (χ3v) is 6.28. The van der Waals surface area contributed by atoms with Gasteiger partial charge < -0.3 is 20.3 Å². The summed E-state index contributed by atoms with van der Waals surface area (Å²) in [5.41, 5.74) is 2.16. The van der Waals surface area contributed by atoms with Gasteiger partial charge in [0.1, 0.15) is 17.7 Å². The molecule has 210 valence electrons. The van der Waals surface area contributed by atoms with Crippen LogP contribution in [0.3, 0.4) is 0 Å². The highest BCUT2D eigenvalue weighted by atomic mass is 16.6. The molecule has 3 atom stereocenters. The van der Waals surface area contributed by atoms with Crippen LogP contribution in [0.4, 0.5) is 4.79 Å². The first-order chi connectivity index (χ1) is 17.2. The van der Waals surface area contributed by atoms with Gasteiger partial charge in [-0.15, -0.1) is 0 Å². The molecule has 3 amide bonds. The number of aryl methyl sites for hydroxylation is 2. The summed E-state index contributed by atoms with van der Waals surface area (Å²) >= 11 is 0. The molecule has 0 aliphatic rings. The molecule has 0 radical (unpaired) electrons. The molecule has 0 saturated carbocycles. The first-order valence-electron chi connectivity index (χ1n) is 13.9. The van der Waals surface area contributed by atoms with E-state index in [1.807, 2.05) is 52.8 Å². The molecule has 0 aliphatic heterocycles. The van der Waals surface area contributed by atoms with Crippen LogP contribution < -0.4 is 10.6 Å². The topological polar surface area (TPSA) is 87.7 Å². The van der Waals surface area contributed by atoms with Crippen molar-refractivity contribution in [1.82, 2.24) is 15.5 Å². The van der Waals surface area contributed by atoms with Crippen molar-refractivity contribution in [3.05, 3.63) is 34.9 Å². The summed E-state index contributed by atoms with van der Waals surface area (Å²) in [6.07, 6.45) is 3.84. The van der Waals surface area contributed by atoms with Gasteiger partial charge >= 0.3 is 6.09 Å². The number of carbonyl (C=O) groups excluding carboxylic acids is 3. The zero-order chi connectivity index (χ0) is 28.3. The number of benzene rings is 1. The minimum Gasteiger partial charge on any atom is -0.444 e. The Morgan fingerprint density at radius 3 is 2.14 bits per heavy atom. The van der Waals surface area contributed by atoms with Gasteiger partial charge in [0.2, 0.25) is 11.8 Å². The second-order valence-electron chi connectivity index (χ2n) is 11.6. The van der Waals surface area contributed by atoms with Crippen LogP contribution in [0.15, 0.2) is 18.2 Å². The van der Waals surface area contributed by atoms with Crippen molar-refractivity contribution in [1.29, 1.82) is 0 Å². The summed E-state index contributed by atoms with van der Waals surface area (Å²) < 4.78 is 5.45. The highest BCUT2D eigenvalue weighted by Crippen LogP contribution is 2.28. The van der Waals surface area contributed by atoms with E-state index in [9.17, 15) is 14.4 Å². The lowest BCUT2D eigenvalue weighted by Crippen LogP contribution is -2.55. The van der Waals surface area contributed by atoms with Gasteiger partial charge in [0.25, 0.3) is 0 Å². The molecule has 0 saturated heterocycles. The molecule has 0 bridgehead atoms. The molecule has 1 rings (SSSR count). The second kappa shape index (κ2) is 15.0. The van der Waals surface area contributed by atoms with E-state index in [4.69, 9.17) is 4.74 Å². The SMILES string of the molecule is CCCCCN(C(=O)C(NC(=O)OC(C)(C)C)C(C)C)C(C(=O)NC(C)CCC)c1ccc(C)cc1C. The Morgan fingerprint density at radius 1 is 0.973 bits per heavy atom.